The first-order valence-corrected chi connectivity index (χ1v) is 10.5. The summed E-state index contributed by atoms with van der Waals surface area (Å²) in [6.07, 6.45) is 13.1. The Morgan fingerprint density at radius 2 is 1.52 bits per heavy atom. The van der Waals surface area contributed by atoms with Crippen molar-refractivity contribution in [3.8, 4) is 0 Å². The Labute approximate surface area is 154 Å². The van der Waals surface area contributed by atoms with Crippen LogP contribution in [0, 0.1) is 17.8 Å². The summed E-state index contributed by atoms with van der Waals surface area (Å²) in [7, 11) is 1.76. The number of aryl methyl sites for hydroxylation is 2. The zero-order valence-corrected chi connectivity index (χ0v) is 16.2. The summed E-state index contributed by atoms with van der Waals surface area (Å²) in [6, 6.07) is 9.35. The van der Waals surface area contributed by atoms with Crippen LogP contribution < -0.4 is 0 Å². The fraction of sp³-hybridized carbons (Fsp3) is 0.739. The number of hydrogen-bond donors (Lipinski definition) is 0. The van der Waals surface area contributed by atoms with Crippen LogP contribution in [0.3, 0.4) is 0 Å². The van der Waals surface area contributed by atoms with Crippen molar-refractivity contribution < 1.29 is 9.47 Å². The van der Waals surface area contributed by atoms with Gasteiger partial charge in [0, 0.05) is 7.11 Å². The zero-order valence-electron chi connectivity index (χ0n) is 16.2. The lowest BCUT2D eigenvalue weighted by Crippen LogP contribution is -2.33. The van der Waals surface area contributed by atoms with Crippen molar-refractivity contribution in [1.29, 1.82) is 0 Å². The zero-order chi connectivity index (χ0) is 17.5. The highest BCUT2D eigenvalue weighted by atomic mass is 16.7. The molecular weight excluding hydrogens is 308 g/mol. The maximum atomic E-state index is 5.83. The lowest BCUT2D eigenvalue weighted by atomic mass is 9.73. The molecule has 2 nitrogen and oxygen atoms in total. The Morgan fingerprint density at radius 1 is 0.880 bits per heavy atom. The topological polar surface area (TPSA) is 18.5 Å². The Bertz CT molecular complexity index is 479. The monoisotopic (exact) mass is 344 g/mol. The molecule has 2 unspecified atom stereocenters. The summed E-state index contributed by atoms with van der Waals surface area (Å²) in [4.78, 5) is 0. The van der Waals surface area contributed by atoms with Crippen LogP contribution in [0.25, 0.3) is 0 Å². The van der Waals surface area contributed by atoms with E-state index >= 15 is 0 Å². The summed E-state index contributed by atoms with van der Waals surface area (Å²) in [5.41, 5.74) is 3.01. The molecule has 1 aromatic rings. The van der Waals surface area contributed by atoms with Gasteiger partial charge in [-0.1, -0.05) is 50.5 Å². The van der Waals surface area contributed by atoms with Gasteiger partial charge in [-0.2, -0.15) is 0 Å². The fourth-order valence-corrected chi connectivity index (χ4v) is 4.79. The molecule has 2 fully saturated rings. The van der Waals surface area contributed by atoms with Gasteiger partial charge in [-0.15, -0.1) is 0 Å². The molecule has 140 valence electrons. The molecule has 1 saturated carbocycles. The molecule has 2 heteroatoms. The Morgan fingerprint density at radius 3 is 2.08 bits per heavy atom. The predicted molar refractivity (Wildman–Crippen MR) is 104 cm³/mol. The molecule has 0 bridgehead atoms. The minimum atomic E-state index is 0.0521. The minimum absolute atomic E-state index is 0.0521. The van der Waals surface area contributed by atoms with Crippen LogP contribution in [0.5, 0.6) is 0 Å². The van der Waals surface area contributed by atoms with E-state index < -0.39 is 0 Å². The van der Waals surface area contributed by atoms with Gasteiger partial charge in [0.2, 0.25) is 0 Å². The molecule has 1 aliphatic carbocycles. The largest absolute Gasteiger partial charge is 0.356 e. The maximum Gasteiger partial charge on any atom is 0.157 e. The van der Waals surface area contributed by atoms with Gasteiger partial charge in [-0.3, -0.25) is 0 Å². The van der Waals surface area contributed by atoms with Crippen molar-refractivity contribution in [2.24, 2.45) is 17.8 Å². The standard InChI is InChI=1S/C23H36O2/c1-3-4-18-5-7-19(8-6-18)9-10-20-11-13-21(14-12-20)22-15-16-23(24-2)25-17-22/h5-8,20-23H,3-4,9-17H2,1-2H3. The minimum Gasteiger partial charge on any atom is -0.356 e. The van der Waals surface area contributed by atoms with Gasteiger partial charge < -0.3 is 9.47 Å². The molecule has 1 aliphatic heterocycles. The highest BCUT2D eigenvalue weighted by molar-refractivity contribution is 5.22. The van der Waals surface area contributed by atoms with Crippen molar-refractivity contribution in [3.63, 3.8) is 0 Å². The van der Waals surface area contributed by atoms with Crippen molar-refractivity contribution in [1.82, 2.24) is 0 Å². The van der Waals surface area contributed by atoms with Gasteiger partial charge in [-0.05, 0) is 73.8 Å². The van der Waals surface area contributed by atoms with Crippen molar-refractivity contribution in [2.75, 3.05) is 13.7 Å². The van der Waals surface area contributed by atoms with Gasteiger partial charge in [-0.25, -0.2) is 0 Å². The molecule has 1 aromatic carbocycles. The van der Waals surface area contributed by atoms with E-state index in [2.05, 4.69) is 31.2 Å². The third-order valence-electron chi connectivity index (χ3n) is 6.49. The molecule has 0 N–H and O–H groups in total. The van der Waals surface area contributed by atoms with Gasteiger partial charge in [0.15, 0.2) is 6.29 Å². The van der Waals surface area contributed by atoms with Gasteiger partial charge in [0.25, 0.3) is 0 Å². The average Bonchev–Trinajstić information content (AvgIpc) is 2.68. The van der Waals surface area contributed by atoms with Crippen LogP contribution in [0.2, 0.25) is 0 Å². The Hall–Kier alpha value is -0.860. The quantitative estimate of drug-likeness (QED) is 0.624. The first kappa shape index (κ1) is 18.9. The SMILES string of the molecule is CCCc1ccc(CCC2CCC(C3CCC(OC)OC3)CC2)cc1. The number of hydrogen-bond acceptors (Lipinski definition) is 2. The third-order valence-corrected chi connectivity index (χ3v) is 6.49. The number of ether oxygens (including phenoxy) is 2. The van der Waals surface area contributed by atoms with E-state index in [9.17, 15) is 0 Å². The Balaban J connectivity index is 1.36. The van der Waals surface area contributed by atoms with Crippen LogP contribution in [0.15, 0.2) is 24.3 Å². The van der Waals surface area contributed by atoms with Gasteiger partial charge >= 0.3 is 0 Å². The van der Waals surface area contributed by atoms with Crippen LogP contribution in [-0.4, -0.2) is 20.0 Å². The molecule has 1 saturated heterocycles. The van der Waals surface area contributed by atoms with Gasteiger partial charge in [0.1, 0.15) is 0 Å². The van der Waals surface area contributed by atoms with Crippen molar-refractivity contribution in [3.05, 3.63) is 35.4 Å². The molecule has 2 aliphatic rings. The van der Waals surface area contributed by atoms with E-state index in [0.29, 0.717) is 0 Å². The van der Waals surface area contributed by atoms with Crippen molar-refractivity contribution >= 4 is 0 Å². The highest BCUT2D eigenvalue weighted by Crippen LogP contribution is 2.39. The average molecular weight is 345 g/mol. The molecule has 0 amide bonds. The smallest absolute Gasteiger partial charge is 0.157 e. The fourth-order valence-electron chi connectivity index (χ4n) is 4.79. The first-order valence-electron chi connectivity index (χ1n) is 10.5. The van der Waals surface area contributed by atoms with E-state index in [0.717, 1.165) is 30.8 Å². The summed E-state index contributed by atoms with van der Waals surface area (Å²) in [5, 5.41) is 0. The van der Waals surface area contributed by atoms with Crippen LogP contribution in [0.4, 0.5) is 0 Å². The number of benzene rings is 1. The highest BCUT2D eigenvalue weighted by Gasteiger charge is 2.31. The van der Waals surface area contributed by atoms with Crippen LogP contribution >= 0.6 is 0 Å². The molecule has 0 aromatic heterocycles. The second kappa shape index (κ2) is 9.73. The van der Waals surface area contributed by atoms with Crippen LogP contribution in [-0.2, 0) is 22.3 Å². The molecule has 25 heavy (non-hydrogen) atoms. The lowest BCUT2D eigenvalue weighted by Gasteiger charge is -2.37. The second-order valence-electron chi connectivity index (χ2n) is 8.22. The molecule has 2 atom stereocenters. The normalized spacial score (nSPS) is 30.3. The third kappa shape index (κ3) is 5.56. The summed E-state index contributed by atoms with van der Waals surface area (Å²) >= 11 is 0. The van der Waals surface area contributed by atoms with Gasteiger partial charge in [0.05, 0.1) is 6.61 Å². The second-order valence-corrected chi connectivity index (χ2v) is 8.22. The maximum absolute atomic E-state index is 5.83. The summed E-state index contributed by atoms with van der Waals surface area (Å²) in [6.45, 7) is 3.16. The number of methoxy groups -OCH3 is 1. The molecule has 3 rings (SSSR count). The van der Waals surface area contributed by atoms with E-state index in [1.807, 2.05) is 0 Å². The van der Waals surface area contributed by atoms with E-state index in [1.165, 1.54) is 68.9 Å². The number of rotatable bonds is 7. The first-order chi connectivity index (χ1) is 12.3. The van der Waals surface area contributed by atoms with Crippen LogP contribution in [0.1, 0.15) is 69.4 Å². The van der Waals surface area contributed by atoms with E-state index in [4.69, 9.17) is 9.47 Å². The summed E-state index contributed by atoms with van der Waals surface area (Å²) < 4.78 is 11.1. The predicted octanol–water partition coefficient (Wildman–Crippen LogP) is 5.78. The van der Waals surface area contributed by atoms with E-state index in [1.54, 1.807) is 7.11 Å². The molecule has 0 spiro atoms. The Kier molecular flexibility index (Phi) is 7.36. The summed E-state index contributed by atoms with van der Waals surface area (Å²) in [5.74, 6) is 2.60. The molecular formula is C23H36O2. The van der Waals surface area contributed by atoms with E-state index in [-0.39, 0.29) is 6.29 Å². The van der Waals surface area contributed by atoms with Crippen molar-refractivity contribution in [2.45, 2.75) is 77.4 Å². The molecule has 0 radical (unpaired) electrons. The molecule has 1 heterocycles. The lowest BCUT2D eigenvalue weighted by molar-refractivity contribution is -0.167.